The minimum absolute atomic E-state index is 0.0543. The lowest BCUT2D eigenvalue weighted by molar-refractivity contribution is 0.238. The second kappa shape index (κ2) is 9.13. The van der Waals surface area contributed by atoms with Crippen molar-refractivity contribution in [1.29, 1.82) is 0 Å². The van der Waals surface area contributed by atoms with Crippen LogP contribution >= 0.6 is 0 Å². The van der Waals surface area contributed by atoms with Crippen LogP contribution in [0.1, 0.15) is 50.2 Å². The van der Waals surface area contributed by atoms with Gasteiger partial charge >= 0.3 is 0 Å². The first-order valence-electron chi connectivity index (χ1n) is 9.80. The monoisotopic (exact) mass is 386 g/mol. The zero-order chi connectivity index (χ0) is 20.0. The smallest absolute Gasteiger partial charge is 0.167 e. The zero-order valence-electron chi connectivity index (χ0n) is 16.1. The summed E-state index contributed by atoms with van der Waals surface area (Å²) in [6, 6.07) is 10.8. The van der Waals surface area contributed by atoms with Crippen molar-refractivity contribution in [2.75, 3.05) is 6.61 Å². The lowest BCUT2D eigenvalue weighted by Crippen LogP contribution is -2.25. The number of unbranched alkanes of at least 4 members (excludes halogenated alkanes) is 3. The van der Waals surface area contributed by atoms with Gasteiger partial charge in [0.05, 0.1) is 6.61 Å². The predicted molar refractivity (Wildman–Crippen MR) is 107 cm³/mol. The molecule has 0 amide bonds. The van der Waals surface area contributed by atoms with Gasteiger partial charge in [0.15, 0.2) is 17.3 Å². The number of allylic oxidation sites excluding steroid dienone is 4. The van der Waals surface area contributed by atoms with Crippen LogP contribution in [0.25, 0.3) is 5.57 Å². The third-order valence-electron chi connectivity index (χ3n) is 5.02. The average molecular weight is 386 g/mol. The largest absolute Gasteiger partial charge is 0.494 e. The third kappa shape index (κ3) is 4.32. The minimum atomic E-state index is -2.14. The summed E-state index contributed by atoms with van der Waals surface area (Å²) < 4.78 is 50.0. The van der Waals surface area contributed by atoms with Gasteiger partial charge in [-0.2, -0.15) is 0 Å². The molecule has 0 saturated heterocycles. The van der Waals surface area contributed by atoms with Gasteiger partial charge in [-0.3, -0.25) is 0 Å². The Balaban J connectivity index is 1.86. The van der Waals surface area contributed by atoms with Crippen molar-refractivity contribution in [3.63, 3.8) is 0 Å². The maximum absolute atomic E-state index is 16.1. The molecule has 1 atom stereocenters. The second-order valence-corrected chi connectivity index (χ2v) is 7.05. The number of ether oxygens (including phenoxy) is 1. The highest BCUT2D eigenvalue weighted by Crippen LogP contribution is 2.46. The zero-order valence-corrected chi connectivity index (χ0v) is 16.1. The fourth-order valence-electron chi connectivity index (χ4n) is 3.50. The molecule has 148 valence electrons. The summed E-state index contributed by atoms with van der Waals surface area (Å²) in [4.78, 5) is 0. The average Bonchev–Trinajstić information content (AvgIpc) is 2.70. The van der Waals surface area contributed by atoms with Gasteiger partial charge in [0.2, 0.25) is 0 Å². The first-order chi connectivity index (χ1) is 13.6. The number of benzene rings is 2. The Morgan fingerprint density at radius 2 is 1.86 bits per heavy atom. The predicted octanol–water partition coefficient (Wildman–Crippen LogP) is 7.13. The van der Waals surface area contributed by atoms with Crippen molar-refractivity contribution < 1.29 is 17.9 Å². The molecule has 0 radical (unpaired) electrons. The molecule has 4 heteroatoms. The van der Waals surface area contributed by atoms with Crippen LogP contribution in [0.2, 0.25) is 0 Å². The van der Waals surface area contributed by atoms with Crippen molar-refractivity contribution in [3.8, 4) is 5.75 Å². The van der Waals surface area contributed by atoms with Crippen LogP contribution in [0.5, 0.6) is 5.75 Å². The maximum Gasteiger partial charge on any atom is 0.167 e. The van der Waals surface area contributed by atoms with E-state index < -0.39 is 17.3 Å². The number of halogens is 3. The highest BCUT2D eigenvalue weighted by Gasteiger charge is 2.40. The Kier molecular flexibility index (Phi) is 6.61. The van der Waals surface area contributed by atoms with E-state index in [0.717, 1.165) is 25.3 Å². The van der Waals surface area contributed by atoms with Crippen LogP contribution in [-0.2, 0) is 5.67 Å². The highest BCUT2D eigenvalue weighted by molar-refractivity contribution is 5.77. The topological polar surface area (TPSA) is 9.23 Å². The summed E-state index contributed by atoms with van der Waals surface area (Å²) >= 11 is 0. The molecule has 0 bridgehead atoms. The molecule has 1 aliphatic rings. The van der Waals surface area contributed by atoms with Crippen molar-refractivity contribution in [2.45, 2.75) is 44.7 Å². The van der Waals surface area contributed by atoms with Gasteiger partial charge in [-0.25, -0.2) is 13.2 Å². The van der Waals surface area contributed by atoms with Crippen molar-refractivity contribution in [2.24, 2.45) is 0 Å². The van der Waals surface area contributed by atoms with Crippen LogP contribution in [-0.4, -0.2) is 6.61 Å². The Labute approximate surface area is 164 Å². The van der Waals surface area contributed by atoms with Gasteiger partial charge in [0.1, 0.15) is 5.75 Å². The molecule has 0 aromatic heterocycles. The summed E-state index contributed by atoms with van der Waals surface area (Å²) in [5, 5.41) is 0. The standard InChI is InChI=1S/C24H25F3O/c1-2-3-4-7-16-28-19-11-8-10-18(17-19)20-12-5-6-15-24(20,27)21-13-9-14-22(25)23(21)26/h5-6,8-14,17H,2-4,7,15-16H2,1H3. The summed E-state index contributed by atoms with van der Waals surface area (Å²) in [6.45, 7) is 2.75. The lowest BCUT2D eigenvalue weighted by Gasteiger charge is -2.30. The molecule has 1 aliphatic carbocycles. The summed E-state index contributed by atoms with van der Waals surface area (Å²) in [5.41, 5.74) is -1.52. The molecular weight excluding hydrogens is 361 g/mol. The van der Waals surface area contributed by atoms with Gasteiger partial charge in [-0.05, 0) is 30.2 Å². The molecule has 3 rings (SSSR count). The van der Waals surface area contributed by atoms with Crippen molar-refractivity contribution in [1.82, 2.24) is 0 Å². The SMILES string of the molecule is CCCCCCOc1cccc(C2=CC=CCC2(F)c2cccc(F)c2F)c1. The molecule has 0 aliphatic heterocycles. The van der Waals surface area contributed by atoms with Crippen LogP contribution in [0.4, 0.5) is 13.2 Å². The van der Waals surface area contributed by atoms with Crippen molar-refractivity contribution in [3.05, 3.63) is 83.5 Å². The number of rotatable bonds is 8. The molecule has 2 aromatic carbocycles. The van der Waals surface area contributed by atoms with E-state index in [-0.39, 0.29) is 12.0 Å². The number of hydrogen-bond donors (Lipinski definition) is 0. The van der Waals surface area contributed by atoms with E-state index in [4.69, 9.17) is 4.74 Å². The minimum Gasteiger partial charge on any atom is -0.494 e. The first kappa shape index (κ1) is 20.2. The fraction of sp³-hybridized carbons (Fsp3) is 0.333. The molecule has 0 fully saturated rings. The Bertz CT molecular complexity index is 872. The van der Waals surface area contributed by atoms with Crippen LogP contribution < -0.4 is 4.74 Å². The van der Waals surface area contributed by atoms with Gasteiger partial charge in [0, 0.05) is 17.6 Å². The van der Waals surface area contributed by atoms with E-state index >= 15 is 4.39 Å². The summed E-state index contributed by atoms with van der Waals surface area (Å²) in [5.74, 6) is -1.55. The quantitative estimate of drug-likeness (QED) is 0.438. The Hall–Kier alpha value is -2.49. The normalized spacial score (nSPS) is 18.8. The molecule has 1 unspecified atom stereocenters. The molecule has 0 N–H and O–H groups in total. The number of hydrogen-bond acceptors (Lipinski definition) is 1. The van der Waals surface area contributed by atoms with Gasteiger partial charge < -0.3 is 4.74 Å². The summed E-state index contributed by atoms with van der Waals surface area (Å²) in [6.07, 6.45) is 9.34. The van der Waals surface area contributed by atoms with E-state index in [1.54, 1.807) is 36.4 Å². The van der Waals surface area contributed by atoms with Crippen LogP contribution in [0.15, 0.2) is 60.7 Å². The van der Waals surface area contributed by atoms with Crippen LogP contribution in [0, 0.1) is 11.6 Å². The van der Waals surface area contributed by atoms with E-state index in [1.807, 2.05) is 6.07 Å². The van der Waals surface area contributed by atoms with Crippen molar-refractivity contribution >= 4 is 5.57 Å². The molecule has 0 saturated carbocycles. The van der Waals surface area contributed by atoms with E-state index in [0.29, 0.717) is 23.5 Å². The molecule has 28 heavy (non-hydrogen) atoms. The molecule has 1 nitrogen and oxygen atoms in total. The molecule has 2 aromatic rings. The van der Waals surface area contributed by atoms with E-state index in [1.165, 1.54) is 18.6 Å². The van der Waals surface area contributed by atoms with E-state index in [9.17, 15) is 8.78 Å². The molecule has 0 spiro atoms. The fourth-order valence-corrected chi connectivity index (χ4v) is 3.50. The Morgan fingerprint density at radius 3 is 2.68 bits per heavy atom. The summed E-state index contributed by atoms with van der Waals surface area (Å²) in [7, 11) is 0. The highest BCUT2D eigenvalue weighted by atomic mass is 19.2. The second-order valence-electron chi connectivity index (χ2n) is 7.05. The lowest BCUT2D eigenvalue weighted by atomic mass is 9.78. The van der Waals surface area contributed by atoms with Gasteiger partial charge in [0.25, 0.3) is 0 Å². The van der Waals surface area contributed by atoms with Gasteiger partial charge in [-0.1, -0.05) is 68.7 Å². The van der Waals surface area contributed by atoms with E-state index in [2.05, 4.69) is 6.92 Å². The van der Waals surface area contributed by atoms with Crippen LogP contribution in [0.3, 0.4) is 0 Å². The molecule has 0 heterocycles. The first-order valence-corrected chi connectivity index (χ1v) is 9.80. The molecular formula is C24H25F3O. The third-order valence-corrected chi connectivity index (χ3v) is 5.02. The maximum atomic E-state index is 16.1. The Morgan fingerprint density at radius 1 is 1.04 bits per heavy atom. The van der Waals surface area contributed by atoms with Gasteiger partial charge in [-0.15, -0.1) is 0 Å². The number of alkyl halides is 1.